The zero-order valence-electron chi connectivity index (χ0n) is 16.1. The molecule has 0 spiro atoms. The van der Waals surface area contributed by atoms with Crippen molar-refractivity contribution in [3.63, 3.8) is 0 Å². The number of likely N-dealkylation sites (N-methyl/N-ethyl adjacent to an activating group) is 1. The summed E-state index contributed by atoms with van der Waals surface area (Å²) in [5.74, 6) is 0.0474. The molecule has 0 bridgehead atoms. The van der Waals surface area contributed by atoms with Gasteiger partial charge in [0.1, 0.15) is 0 Å². The number of anilines is 2. The third-order valence-electron chi connectivity index (χ3n) is 5.19. The van der Waals surface area contributed by atoms with Crippen LogP contribution in [0.15, 0.2) is 72.1 Å². The van der Waals surface area contributed by atoms with E-state index in [2.05, 4.69) is 53.2 Å². The van der Waals surface area contributed by atoms with Gasteiger partial charge in [0, 0.05) is 37.6 Å². The molecule has 0 saturated carbocycles. The lowest BCUT2D eigenvalue weighted by atomic mass is 10.1. The van der Waals surface area contributed by atoms with E-state index in [4.69, 9.17) is 0 Å². The number of carbonyl (C=O) groups excluding carboxylic acids is 1. The molecule has 0 radical (unpaired) electrons. The summed E-state index contributed by atoms with van der Waals surface area (Å²) >= 11 is 1.49. The summed E-state index contributed by atoms with van der Waals surface area (Å²) < 4.78 is 0. The van der Waals surface area contributed by atoms with Gasteiger partial charge < -0.3 is 14.7 Å². The molecule has 5 heteroatoms. The van der Waals surface area contributed by atoms with Crippen molar-refractivity contribution in [3.05, 3.63) is 82.6 Å². The Morgan fingerprint density at radius 2 is 1.64 bits per heavy atom. The normalized spacial score (nSPS) is 14.8. The van der Waals surface area contributed by atoms with Crippen LogP contribution in [-0.2, 0) is 6.54 Å². The zero-order valence-corrected chi connectivity index (χ0v) is 16.9. The summed E-state index contributed by atoms with van der Waals surface area (Å²) in [6, 6.07) is 22.4. The first kappa shape index (κ1) is 18.7. The maximum Gasteiger partial charge on any atom is 0.268 e. The summed E-state index contributed by atoms with van der Waals surface area (Å²) in [6.45, 7) is 4.80. The molecule has 0 unspecified atom stereocenters. The van der Waals surface area contributed by atoms with E-state index >= 15 is 0 Å². The van der Waals surface area contributed by atoms with E-state index in [-0.39, 0.29) is 5.91 Å². The standard InChI is InChI=1S/C23H25N3OS/c1-24-13-15-25(16-14-24)20-9-11-21(12-10-20)26(18-19-6-3-2-4-7-19)23(27)22-8-5-17-28-22/h2-12,17H,13-16,18H2,1H3. The fourth-order valence-corrected chi connectivity index (χ4v) is 4.16. The first-order chi connectivity index (χ1) is 13.7. The minimum atomic E-state index is 0.0474. The van der Waals surface area contributed by atoms with Crippen LogP contribution in [0.2, 0.25) is 0 Å². The van der Waals surface area contributed by atoms with Gasteiger partial charge in [-0.05, 0) is 48.3 Å². The van der Waals surface area contributed by atoms with E-state index in [1.165, 1.54) is 17.0 Å². The van der Waals surface area contributed by atoms with Crippen molar-refractivity contribution in [2.45, 2.75) is 6.54 Å². The highest BCUT2D eigenvalue weighted by Crippen LogP contribution is 2.26. The third-order valence-corrected chi connectivity index (χ3v) is 6.05. The Balaban J connectivity index is 1.58. The topological polar surface area (TPSA) is 26.8 Å². The van der Waals surface area contributed by atoms with Crippen molar-refractivity contribution in [1.82, 2.24) is 4.90 Å². The summed E-state index contributed by atoms with van der Waals surface area (Å²) in [6.07, 6.45) is 0. The second kappa shape index (κ2) is 8.59. The largest absolute Gasteiger partial charge is 0.369 e. The Labute approximate surface area is 170 Å². The quantitative estimate of drug-likeness (QED) is 0.647. The molecular weight excluding hydrogens is 366 g/mol. The first-order valence-electron chi connectivity index (χ1n) is 9.63. The molecule has 1 aliphatic rings. The number of nitrogens with zero attached hydrogens (tertiary/aromatic N) is 3. The monoisotopic (exact) mass is 391 g/mol. The average Bonchev–Trinajstić information content (AvgIpc) is 3.28. The highest BCUT2D eigenvalue weighted by Gasteiger charge is 2.20. The molecule has 2 heterocycles. The molecular formula is C23H25N3OS. The van der Waals surface area contributed by atoms with E-state index in [9.17, 15) is 4.79 Å². The Morgan fingerprint density at radius 3 is 2.29 bits per heavy atom. The van der Waals surface area contributed by atoms with Crippen molar-refractivity contribution >= 4 is 28.6 Å². The number of thiophene rings is 1. The summed E-state index contributed by atoms with van der Waals surface area (Å²) in [5, 5.41) is 1.95. The van der Waals surface area contributed by atoms with Crippen LogP contribution in [0, 0.1) is 0 Å². The molecule has 3 aromatic rings. The van der Waals surface area contributed by atoms with Gasteiger partial charge in [-0.1, -0.05) is 36.4 Å². The van der Waals surface area contributed by atoms with E-state index in [0.717, 1.165) is 42.3 Å². The number of hydrogen-bond donors (Lipinski definition) is 0. The predicted octanol–water partition coefficient (Wildman–Crippen LogP) is 4.35. The Bertz CT molecular complexity index is 885. The van der Waals surface area contributed by atoms with Gasteiger partial charge in [0.2, 0.25) is 0 Å². The SMILES string of the molecule is CN1CCN(c2ccc(N(Cc3ccccc3)C(=O)c3cccs3)cc2)CC1. The second-order valence-electron chi connectivity index (χ2n) is 7.16. The van der Waals surface area contributed by atoms with E-state index in [1.54, 1.807) is 0 Å². The van der Waals surface area contributed by atoms with E-state index in [1.807, 2.05) is 40.6 Å². The molecule has 1 aliphatic heterocycles. The van der Waals surface area contributed by atoms with Gasteiger partial charge in [-0.25, -0.2) is 0 Å². The molecule has 1 saturated heterocycles. The van der Waals surface area contributed by atoms with Crippen molar-refractivity contribution in [2.75, 3.05) is 43.0 Å². The van der Waals surface area contributed by atoms with Crippen molar-refractivity contribution in [3.8, 4) is 0 Å². The Kier molecular flexibility index (Phi) is 5.74. The maximum atomic E-state index is 13.2. The number of rotatable bonds is 5. The fraction of sp³-hybridized carbons (Fsp3) is 0.261. The molecule has 1 aromatic heterocycles. The van der Waals surface area contributed by atoms with Crippen LogP contribution < -0.4 is 9.80 Å². The van der Waals surface area contributed by atoms with Crippen LogP contribution in [0.1, 0.15) is 15.2 Å². The first-order valence-corrected chi connectivity index (χ1v) is 10.5. The molecule has 4 nitrogen and oxygen atoms in total. The van der Waals surface area contributed by atoms with Gasteiger partial charge >= 0.3 is 0 Å². The van der Waals surface area contributed by atoms with Gasteiger partial charge in [-0.3, -0.25) is 4.79 Å². The second-order valence-corrected chi connectivity index (χ2v) is 8.11. The van der Waals surface area contributed by atoms with E-state index < -0.39 is 0 Å². The Morgan fingerprint density at radius 1 is 0.929 bits per heavy atom. The lowest BCUT2D eigenvalue weighted by Gasteiger charge is -2.34. The fourth-order valence-electron chi connectivity index (χ4n) is 3.49. The smallest absolute Gasteiger partial charge is 0.268 e. The zero-order chi connectivity index (χ0) is 19.3. The summed E-state index contributed by atoms with van der Waals surface area (Å²) in [4.78, 5) is 20.5. The number of hydrogen-bond acceptors (Lipinski definition) is 4. The predicted molar refractivity (Wildman–Crippen MR) is 117 cm³/mol. The lowest BCUT2D eigenvalue weighted by molar-refractivity contribution is 0.0989. The van der Waals surface area contributed by atoms with E-state index in [0.29, 0.717) is 6.54 Å². The molecule has 1 amide bonds. The average molecular weight is 392 g/mol. The van der Waals surface area contributed by atoms with Crippen LogP contribution in [0.25, 0.3) is 0 Å². The molecule has 0 atom stereocenters. The lowest BCUT2D eigenvalue weighted by Crippen LogP contribution is -2.44. The minimum absolute atomic E-state index is 0.0474. The van der Waals surface area contributed by atoms with Crippen LogP contribution in [-0.4, -0.2) is 44.0 Å². The van der Waals surface area contributed by atoms with Crippen molar-refractivity contribution < 1.29 is 4.79 Å². The number of amides is 1. The molecule has 2 aromatic carbocycles. The van der Waals surface area contributed by atoms with Gasteiger partial charge in [0.05, 0.1) is 11.4 Å². The third kappa shape index (κ3) is 4.26. The van der Waals surface area contributed by atoms with Crippen LogP contribution in [0.3, 0.4) is 0 Å². The number of benzene rings is 2. The molecule has 144 valence electrons. The molecule has 0 aliphatic carbocycles. The molecule has 1 fully saturated rings. The maximum absolute atomic E-state index is 13.2. The van der Waals surface area contributed by atoms with Crippen LogP contribution >= 0.6 is 11.3 Å². The van der Waals surface area contributed by atoms with Crippen molar-refractivity contribution in [1.29, 1.82) is 0 Å². The van der Waals surface area contributed by atoms with Gasteiger partial charge in [-0.15, -0.1) is 11.3 Å². The summed E-state index contributed by atoms with van der Waals surface area (Å²) in [7, 11) is 2.16. The van der Waals surface area contributed by atoms with Crippen molar-refractivity contribution in [2.24, 2.45) is 0 Å². The highest BCUT2D eigenvalue weighted by molar-refractivity contribution is 7.12. The molecule has 4 rings (SSSR count). The number of piperazine rings is 1. The highest BCUT2D eigenvalue weighted by atomic mass is 32.1. The molecule has 0 N–H and O–H groups in total. The molecule has 28 heavy (non-hydrogen) atoms. The Hall–Kier alpha value is -2.63. The summed E-state index contributed by atoms with van der Waals surface area (Å²) in [5.41, 5.74) is 3.27. The minimum Gasteiger partial charge on any atom is -0.369 e. The number of carbonyl (C=O) groups is 1. The van der Waals surface area contributed by atoms with Crippen LogP contribution in [0.5, 0.6) is 0 Å². The van der Waals surface area contributed by atoms with Gasteiger partial charge in [0.25, 0.3) is 5.91 Å². The van der Waals surface area contributed by atoms with Crippen LogP contribution in [0.4, 0.5) is 11.4 Å². The van der Waals surface area contributed by atoms with Gasteiger partial charge in [-0.2, -0.15) is 0 Å². The van der Waals surface area contributed by atoms with Gasteiger partial charge in [0.15, 0.2) is 0 Å².